The van der Waals surface area contributed by atoms with Crippen molar-refractivity contribution in [1.82, 2.24) is 14.8 Å². The Morgan fingerprint density at radius 1 is 1.24 bits per heavy atom. The first-order valence-corrected chi connectivity index (χ1v) is 9.10. The maximum Gasteiger partial charge on any atom is 0.410 e. The van der Waals surface area contributed by atoms with E-state index in [4.69, 9.17) is 4.74 Å². The number of aromatic nitrogens is 1. The fraction of sp³-hybridized carbons (Fsp3) is 0.684. The van der Waals surface area contributed by atoms with E-state index in [1.165, 1.54) is 0 Å². The van der Waals surface area contributed by atoms with Crippen LogP contribution < -0.4 is 0 Å². The van der Waals surface area contributed by atoms with E-state index in [2.05, 4.69) is 4.98 Å². The Balaban J connectivity index is 1.68. The largest absolute Gasteiger partial charge is 0.444 e. The van der Waals surface area contributed by atoms with Gasteiger partial charge in [-0.15, -0.1) is 0 Å². The second-order valence-corrected chi connectivity index (χ2v) is 8.33. The molecule has 6 heteroatoms. The maximum atomic E-state index is 12.8. The van der Waals surface area contributed by atoms with Gasteiger partial charge in [-0.05, 0) is 59.4 Å². The lowest BCUT2D eigenvalue weighted by molar-refractivity contribution is -0.00111. The van der Waals surface area contributed by atoms with Gasteiger partial charge in [0.25, 0.3) is 5.91 Å². The number of hydrogen-bond acceptors (Lipinski definition) is 3. The number of H-pyrrole nitrogens is 1. The SMILES string of the molecule is Cc1[nH]ccc1C(=O)N(C)C1C[C@H]2CC[C@@H](C1)N2C(=O)OC(C)(C)C. The molecule has 0 radical (unpaired) electrons. The second kappa shape index (κ2) is 6.39. The zero-order valence-electron chi connectivity index (χ0n) is 15.8. The van der Waals surface area contributed by atoms with Crippen molar-refractivity contribution in [3.63, 3.8) is 0 Å². The summed E-state index contributed by atoms with van der Waals surface area (Å²) in [6.45, 7) is 7.59. The predicted molar refractivity (Wildman–Crippen MR) is 95.5 cm³/mol. The third-order valence-electron chi connectivity index (χ3n) is 5.36. The molecule has 2 bridgehead atoms. The van der Waals surface area contributed by atoms with E-state index in [0.717, 1.165) is 36.9 Å². The monoisotopic (exact) mass is 347 g/mol. The van der Waals surface area contributed by atoms with Crippen LogP contribution in [0.25, 0.3) is 0 Å². The van der Waals surface area contributed by atoms with Crippen molar-refractivity contribution in [1.29, 1.82) is 0 Å². The van der Waals surface area contributed by atoms with Gasteiger partial charge in [-0.3, -0.25) is 4.79 Å². The first-order chi connectivity index (χ1) is 11.7. The fourth-order valence-electron chi connectivity index (χ4n) is 4.12. The summed E-state index contributed by atoms with van der Waals surface area (Å²) in [4.78, 5) is 32.1. The smallest absolute Gasteiger partial charge is 0.410 e. The number of hydrogen-bond donors (Lipinski definition) is 1. The number of fused-ring (bicyclic) bond motifs is 2. The maximum absolute atomic E-state index is 12.8. The molecule has 3 heterocycles. The first-order valence-electron chi connectivity index (χ1n) is 9.10. The van der Waals surface area contributed by atoms with Crippen molar-refractivity contribution >= 4 is 12.0 Å². The molecule has 2 fully saturated rings. The fourth-order valence-corrected chi connectivity index (χ4v) is 4.12. The van der Waals surface area contributed by atoms with Crippen LogP contribution in [0.15, 0.2) is 12.3 Å². The van der Waals surface area contributed by atoms with Crippen LogP contribution in [0.1, 0.15) is 62.5 Å². The number of piperidine rings is 1. The van der Waals surface area contributed by atoms with Crippen molar-refractivity contribution in [2.24, 2.45) is 0 Å². The second-order valence-electron chi connectivity index (χ2n) is 8.33. The molecule has 0 aromatic carbocycles. The van der Waals surface area contributed by atoms with Crippen LogP contribution in [-0.4, -0.2) is 57.6 Å². The van der Waals surface area contributed by atoms with Gasteiger partial charge in [0.1, 0.15) is 5.60 Å². The lowest BCUT2D eigenvalue weighted by Gasteiger charge is -2.42. The molecule has 2 amide bonds. The number of nitrogens with zero attached hydrogens (tertiary/aromatic N) is 2. The number of amides is 2. The number of rotatable bonds is 2. The predicted octanol–water partition coefficient (Wildman–Crippen LogP) is 3.33. The average Bonchev–Trinajstić information content (AvgIpc) is 3.05. The molecule has 2 aliphatic heterocycles. The lowest BCUT2D eigenvalue weighted by Crippen LogP contribution is -2.53. The van der Waals surface area contributed by atoms with Gasteiger partial charge in [-0.2, -0.15) is 0 Å². The van der Waals surface area contributed by atoms with Gasteiger partial charge >= 0.3 is 6.09 Å². The van der Waals surface area contributed by atoms with Crippen molar-refractivity contribution in [3.8, 4) is 0 Å². The van der Waals surface area contributed by atoms with Gasteiger partial charge < -0.3 is 19.5 Å². The quantitative estimate of drug-likeness (QED) is 0.892. The number of ether oxygens (including phenoxy) is 1. The Bertz CT molecular complexity index is 647. The van der Waals surface area contributed by atoms with Crippen LogP contribution in [0, 0.1) is 6.92 Å². The minimum atomic E-state index is -0.480. The van der Waals surface area contributed by atoms with Crippen LogP contribution in [-0.2, 0) is 4.74 Å². The summed E-state index contributed by atoms with van der Waals surface area (Å²) < 4.78 is 5.58. The summed E-state index contributed by atoms with van der Waals surface area (Å²) in [5, 5.41) is 0. The van der Waals surface area contributed by atoms with Crippen molar-refractivity contribution in [2.75, 3.05) is 7.05 Å². The average molecular weight is 347 g/mol. The Morgan fingerprint density at radius 2 is 1.84 bits per heavy atom. The zero-order valence-corrected chi connectivity index (χ0v) is 15.8. The van der Waals surface area contributed by atoms with Gasteiger partial charge in [0.2, 0.25) is 0 Å². The Kier molecular flexibility index (Phi) is 4.56. The number of aryl methyl sites for hydroxylation is 1. The molecule has 0 saturated carbocycles. The normalized spacial score (nSPS) is 25.8. The molecule has 3 atom stereocenters. The van der Waals surface area contributed by atoms with Gasteiger partial charge in [-0.1, -0.05) is 0 Å². The summed E-state index contributed by atoms with van der Waals surface area (Å²) in [7, 11) is 1.88. The van der Waals surface area contributed by atoms with Gasteiger partial charge in [0.05, 0.1) is 5.56 Å². The van der Waals surface area contributed by atoms with E-state index in [1.807, 2.05) is 50.6 Å². The van der Waals surface area contributed by atoms with Gasteiger partial charge in [-0.25, -0.2) is 4.79 Å². The van der Waals surface area contributed by atoms with E-state index in [1.54, 1.807) is 6.20 Å². The van der Waals surface area contributed by atoms with E-state index in [-0.39, 0.29) is 30.1 Å². The van der Waals surface area contributed by atoms with Crippen LogP contribution in [0.5, 0.6) is 0 Å². The molecule has 0 spiro atoms. The number of carbonyl (C=O) groups is 2. The van der Waals surface area contributed by atoms with Crippen molar-refractivity contribution in [2.45, 2.75) is 77.1 Å². The third-order valence-corrected chi connectivity index (χ3v) is 5.36. The van der Waals surface area contributed by atoms with E-state index in [0.29, 0.717) is 0 Å². The molecule has 1 aromatic heterocycles. The van der Waals surface area contributed by atoms with Crippen LogP contribution in [0.4, 0.5) is 4.79 Å². The number of nitrogens with one attached hydrogen (secondary N) is 1. The minimum Gasteiger partial charge on any atom is -0.444 e. The molecular weight excluding hydrogens is 318 g/mol. The molecule has 1 aromatic rings. The van der Waals surface area contributed by atoms with E-state index in [9.17, 15) is 9.59 Å². The molecule has 1 N–H and O–H groups in total. The molecule has 2 saturated heterocycles. The summed E-state index contributed by atoms with van der Waals surface area (Å²) in [6.07, 6.45) is 5.21. The number of carbonyl (C=O) groups excluding carboxylic acids is 2. The molecule has 3 rings (SSSR count). The number of aromatic amines is 1. The van der Waals surface area contributed by atoms with E-state index >= 15 is 0 Å². The lowest BCUT2D eigenvalue weighted by atomic mass is 9.96. The summed E-state index contributed by atoms with van der Waals surface area (Å²) >= 11 is 0. The topological polar surface area (TPSA) is 65.6 Å². The molecule has 6 nitrogen and oxygen atoms in total. The highest BCUT2D eigenvalue weighted by atomic mass is 16.6. The molecule has 1 unspecified atom stereocenters. The highest BCUT2D eigenvalue weighted by Crippen LogP contribution is 2.38. The minimum absolute atomic E-state index is 0.0499. The Hall–Kier alpha value is -1.98. The molecule has 2 aliphatic rings. The molecular formula is C19H29N3O3. The van der Waals surface area contributed by atoms with E-state index < -0.39 is 5.60 Å². The highest BCUT2D eigenvalue weighted by molar-refractivity contribution is 5.95. The highest BCUT2D eigenvalue weighted by Gasteiger charge is 2.46. The van der Waals surface area contributed by atoms with Gasteiger partial charge in [0.15, 0.2) is 0 Å². The van der Waals surface area contributed by atoms with Crippen molar-refractivity contribution < 1.29 is 14.3 Å². The molecule has 0 aliphatic carbocycles. The zero-order chi connectivity index (χ0) is 18.4. The first kappa shape index (κ1) is 17.8. The summed E-state index contributed by atoms with van der Waals surface area (Å²) in [5.74, 6) is 0.0499. The van der Waals surface area contributed by atoms with Gasteiger partial charge in [0, 0.05) is 37.1 Å². The van der Waals surface area contributed by atoms with Crippen LogP contribution in [0.2, 0.25) is 0 Å². The van der Waals surface area contributed by atoms with Crippen molar-refractivity contribution in [3.05, 3.63) is 23.5 Å². The van der Waals surface area contributed by atoms with Crippen LogP contribution >= 0.6 is 0 Å². The van der Waals surface area contributed by atoms with Crippen LogP contribution in [0.3, 0.4) is 0 Å². The summed E-state index contributed by atoms with van der Waals surface area (Å²) in [5.41, 5.74) is 1.14. The Morgan fingerprint density at radius 3 is 2.32 bits per heavy atom. The summed E-state index contributed by atoms with van der Waals surface area (Å²) in [6, 6.07) is 2.33. The molecule has 25 heavy (non-hydrogen) atoms. The Labute approximate surface area is 149 Å². The third kappa shape index (κ3) is 3.53. The standard InChI is InChI=1S/C19H29N3O3/c1-12-16(8-9-20-12)17(23)21(5)15-10-13-6-7-14(11-15)22(13)18(24)25-19(2,3)4/h8-9,13-15,20H,6-7,10-11H2,1-5H3/t13-,14+,15?. The molecule has 138 valence electrons.